The van der Waals surface area contributed by atoms with Crippen molar-refractivity contribution in [1.29, 1.82) is 0 Å². The van der Waals surface area contributed by atoms with Gasteiger partial charge in [0.1, 0.15) is 5.75 Å². The molecule has 25 heavy (non-hydrogen) atoms. The summed E-state index contributed by atoms with van der Waals surface area (Å²) in [6, 6.07) is 14.0. The number of carbonyl (C=O) groups excluding carboxylic acids is 1. The zero-order valence-corrected chi connectivity index (χ0v) is 14.3. The Balaban J connectivity index is 1.50. The first-order valence-corrected chi connectivity index (χ1v) is 7.98. The molecule has 1 aromatic heterocycles. The van der Waals surface area contributed by atoms with Crippen molar-refractivity contribution in [3.05, 3.63) is 64.5 Å². The van der Waals surface area contributed by atoms with E-state index >= 15 is 0 Å². The van der Waals surface area contributed by atoms with E-state index in [1.165, 1.54) is 6.07 Å². The molecule has 0 amide bonds. The fraction of sp³-hybridized carbons (Fsp3) is 0.118. The van der Waals surface area contributed by atoms with Crippen molar-refractivity contribution < 1.29 is 18.7 Å². The summed E-state index contributed by atoms with van der Waals surface area (Å²) in [7, 11) is 0. The summed E-state index contributed by atoms with van der Waals surface area (Å²) in [4.78, 5) is 11.7. The Kier molecular flexibility index (Phi) is 5.53. The van der Waals surface area contributed by atoms with Crippen LogP contribution in [-0.4, -0.2) is 22.8 Å². The molecule has 0 atom stereocenters. The van der Waals surface area contributed by atoms with Crippen molar-refractivity contribution in [2.24, 2.45) is 0 Å². The number of carbonyl (C=O) groups is 1. The number of aromatic nitrogens is 2. The second-order valence-corrected chi connectivity index (χ2v) is 5.73. The number of ether oxygens (including phenoxy) is 2. The maximum Gasteiger partial charge on any atom is 0.344 e. The average Bonchev–Trinajstić information content (AvgIpc) is 3.09. The zero-order valence-electron chi connectivity index (χ0n) is 12.8. The molecule has 0 bridgehead atoms. The summed E-state index contributed by atoms with van der Waals surface area (Å²) in [6.07, 6.45) is 0. The molecule has 0 spiro atoms. The van der Waals surface area contributed by atoms with Gasteiger partial charge in [0.15, 0.2) is 13.2 Å². The van der Waals surface area contributed by atoms with Gasteiger partial charge in [-0.1, -0.05) is 41.4 Å². The molecule has 8 heteroatoms. The predicted molar refractivity (Wildman–Crippen MR) is 91.5 cm³/mol. The van der Waals surface area contributed by atoms with Crippen LogP contribution in [0.5, 0.6) is 5.75 Å². The molecule has 0 N–H and O–H groups in total. The third-order valence-corrected chi connectivity index (χ3v) is 3.61. The van der Waals surface area contributed by atoms with Crippen LogP contribution in [0, 0.1) is 0 Å². The van der Waals surface area contributed by atoms with Crippen LogP contribution in [0.25, 0.3) is 11.5 Å². The van der Waals surface area contributed by atoms with E-state index in [0.29, 0.717) is 21.7 Å². The molecule has 0 unspecified atom stereocenters. The average molecular weight is 379 g/mol. The molecule has 0 aliphatic rings. The lowest BCUT2D eigenvalue weighted by molar-refractivity contribution is -0.148. The molecule has 2 aromatic carbocycles. The third-order valence-electron chi connectivity index (χ3n) is 3.08. The van der Waals surface area contributed by atoms with Crippen LogP contribution in [0.2, 0.25) is 10.0 Å². The van der Waals surface area contributed by atoms with E-state index in [0.717, 1.165) is 5.56 Å². The molecule has 128 valence electrons. The number of benzene rings is 2. The molecular formula is C17H12Cl2N2O4. The number of hydrogen-bond donors (Lipinski definition) is 0. The molecular weight excluding hydrogens is 367 g/mol. The number of esters is 1. The predicted octanol–water partition coefficient (Wildman–Crippen LogP) is 4.17. The van der Waals surface area contributed by atoms with Gasteiger partial charge in [-0.15, -0.1) is 10.2 Å². The largest absolute Gasteiger partial charge is 0.480 e. The highest BCUT2D eigenvalue weighted by atomic mass is 35.5. The van der Waals surface area contributed by atoms with Gasteiger partial charge in [0.25, 0.3) is 5.89 Å². The fourth-order valence-corrected chi connectivity index (χ4v) is 2.39. The van der Waals surface area contributed by atoms with Crippen LogP contribution in [-0.2, 0) is 16.1 Å². The van der Waals surface area contributed by atoms with Crippen LogP contribution >= 0.6 is 23.2 Å². The van der Waals surface area contributed by atoms with Gasteiger partial charge in [0, 0.05) is 10.6 Å². The Labute approximate surface area is 153 Å². The summed E-state index contributed by atoms with van der Waals surface area (Å²) in [5, 5.41) is 8.53. The Morgan fingerprint density at radius 1 is 1.08 bits per heavy atom. The molecule has 0 radical (unpaired) electrons. The van der Waals surface area contributed by atoms with Crippen LogP contribution in [0.4, 0.5) is 0 Å². The Morgan fingerprint density at radius 3 is 2.64 bits per heavy atom. The molecule has 0 fully saturated rings. The number of halogens is 2. The third kappa shape index (κ3) is 4.71. The topological polar surface area (TPSA) is 74.5 Å². The van der Waals surface area contributed by atoms with Crippen molar-refractivity contribution >= 4 is 29.2 Å². The van der Waals surface area contributed by atoms with Crippen molar-refractivity contribution in [2.75, 3.05) is 6.61 Å². The second kappa shape index (κ2) is 8.00. The summed E-state index contributed by atoms with van der Waals surface area (Å²) >= 11 is 11.7. The van der Waals surface area contributed by atoms with Crippen LogP contribution in [0.15, 0.2) is 52.9 Å². The normalized spacial score (nSPS) is 10.5. The fourth-order valence-electron chi connectivity index (χ4n) is 1.92. The van der Waals surface area contributed by atoms with E-state index in [9.17, 15) is 4.79 Å². The summed E-state index contributed by atoms with van der Waals surface area (Å²) < 4.78 is 15.8. The molecule has 0 saturated carbocycles. The Hall–Kier alpha value is -2.57. The van der Waals surface area contributed by atoms with Crippen molar-refractivity contribution in [2.45, 2.75) is 6.61 Å². The lowest BCUT2D eigenvalue weighted by atomic mass is 10.2. The van der Waals surface area contributed by atoms with E-state index in [-0.39, 0.29) is 19.1 Å². The first kappa shape index (κ1) is 17.3. The van der Waals surface area contributed by atoms with E-state index < -0.39 is 5.97 Å². The standard InChI is InChI=1S/C17H12Cl2N2O4/c18-12-6-7-14(13(19)8-12)23-10-16(22)24-9-15-20-21-17(25-15)11-4-2-1-3-5-11/h1-8H,9-10H2. The molecule has 0 aliphatic heterocycles. The summed E-state index contributed by atoms with van der Waals surface area (Å²) in [6.45, 7) is -0.447. The lowest BCUT2D eigenvalue weighted by Crippen LogP contribution is -2.15. The van der Waals surface area contributed by atoms with Crippen LogP contribution in [0.1, 0.15) is 5.89 Å². The van der Waals surface area contributed by atoms with E-state index in [1.54, 1.807) is 12.1 Å². The van der Waals surface area contributed by atoms with Crippen LogP contribution in [0.3, 0.4) is 0 Å². The van der Waals surface area contributed by atoms with Gasteiger partial charge in [0.2, 0.25) is 5.89 Å². The van der Waals surface area contributed by atoms with E-state index in [2.05, 4.69) is 10.2 Å². The highest BCUT2D eigenvalue weighted by Crippen LogP contribution is 2.27. The number of hydrogen-bond acceptors (Lipinski definition) is 6. The van der Waals surface area contributed by atoms with Gasteiger partial charge >= 0.3 is 5.97 Å². The summed E-state index contributed by atoms with van der Waals surface area (Å²) in [5.74, 6) is 0.297. The minimum Gasteiger partial charge on any atom is -0.480 e. The van der Waals surface area contributed by atoms with Crippen LogP contribution < -0.4 is 4.74 Å². The Bertz CT molecular complexity index is 868. The second-order valence-electron chi connectivity index (χ2n) is 4.89. The minimum atomic E-state index is -0.592. The maximum absolute atomic E-state index is 11.7. The smallest absolute Gasteiger partial charge is 0.344 e. The molecule has 3 rings (SSSR count). The first-order chi connectivity index (χ1) is 12.1. The summed E-state index contributed by atoms with van der Waals surface area (Å²) in [5.41, 5.74) is 0.785. The van der Waals surface area contributed by atoms with Crippen molar-refractivity contribution in [3.63, 3.8) is 0 Å². The van der Waals surface area contributed by atoms with Crippen molar-refractivity contribution in [1.82, 2.24) is 10.2 Å². The highest BCUT2D eigenvalue weighted by Gasteiger charge is 2.12. The van der Waals surface area contributed by atoms with E-state index in [4.69, 9.17) is 37.1 Å². The minimum absolute atomic E-state index is 0.142. The molecule has 0 saturated heterocycles. The molecule has 1 heterocycles. The highest BCUT2D eigenvalue weighted by molar-refractivity contribution is 6.35. The van der Waals surface area contributed by atoms with Gasteiger partial charge in [-0.05, 0) is 30.3 Å². The quantitative estimate of drug-likeness (QED) is 0.599. The lowest BCUT2D eigenvalue weighted by Gasteiger charge is -2.07. The zero-order chi connectivity index (χ0) is 17.6. The van der Waals surface area contributed by atoms with Gasteiger partial charge < -0.3 is 13.9 Å². The SMILES string of the molecule is O=C(COc1ccc(Cl)cc1Cl)OCc1nnc(-c2ccccc2)o1. The Morgan fingerprint density at radius 2 is 1.88 bits per heavy atom. The van der Waals surface area contributed by atoms with Gasteiger partial charge in [0.05, 0.1) is 5.02 Å². The first-order valence-electron chi connectivity index (χ1n) is 7.23. The number of rotatable bonds is 6. The molecule has 3 aromatic rings. The van der Waals surface area contributed by atoms with Gasteiger partial charge in [-0.25, -0.2) is 4.79 Å². The van der Waals surface area contributed by atoms with E-state index in [1.807, 2.05) is 30.3 Å². The van der Waals surface area contributed by atoms with Gasteiger partial charge in [-0.3, -0.25) is 0 Å². The van der Waals surface area contributed by atoms with Gasteiger partial charge in [-0.2, -0.15) is 0 Å². The monoisotopic (exact) mass is 378 g/mol. The van der Waals surface area contributed by atoms with Crippen molar-refractivity contribution in [3.8, 4) is 17.2 Å². The number of nitrogens with zero attached hydrogens (tertiary/aromatic N) is 2. The maximum atomic E-state index is 11.7. The molecule has 0 aliphatic carbocycles. The molecule has 6 nitrogen and oxygen atoms in total.